The number of hydrogen-bond acceptors (Lipinski definition) is 5. The Kier molecular flexibility index (Phi) is 5.51. The Morgan fingerprint density at radius 3 is 2.44 bits per heavy atom. The van der Waals surface area contributed by atoms with E-state index in [0.29, 0.717) is 27.5 Å². The second-order valence-corrected chi connectivity index (χ2v) is 7.55. The third kappa shape index (κ3) is 3.83. The summed E-state index contributed by atoms with van der Waals surface area (Å²) in [6, 6.07) is 14.4. The Bertz CT molecular complexity index is 1030. The number of fused-ring (bicyclic) bond motifs is 1. The van der Waals surface area contributed by atoms with E-state index in [0.717, 1.165) is 0 Å². The largest absolute Gasteiger partial charge is 0.497 e. The molecule has 1 aromatic heterocycles. The highest BCUT2D eigenvalue weighted by Crippen LogP contribution is 2.26. The van der Waals surface area contributed by atoms with Crippen LogP contribution in [0.1, 0.15) is 6.92 Å². The molecule has 0 saturated heterocycles. The molecule has 0 bridgehead atoms. The summed E-state index contributed by atoms with van der Waals surface area (Å²) in [5.74, 6) is 0.662. The fourth-order valence-electron chi connectivity index (χ4n) is 2.72. The fraction of sp³-hybridized carbons (Fsp3) is 0.250. The van der Waals surface area contributed by atoms with E-state index in [2.05, 4.69) is 4.98 Å². The molecule has 1 unspecified atom stereocenters. The molecule has 2 aromatic carbocycles. The summed E-state index contributed by atoms with van der Waals surface area (Å²) in [6.07, 6.45) is 0. The van der Waals surface area contributed by atoms with Crippen molar-refractivity contribution in [1.82, 2.24) is 14.5 Å². The van der Waals surface area contributed by atoms with Crippen LogP contribution in [-0.4, -0.2) is 46.8 Å². The van der Waals surface area contributed by atoms with Crippen molar-refractivity contribution in [1.29, 1.82) is 0 Å². The Hall–Kier alpha value is -2.80. The number of carbonyl (C=O) groups is 1. The summed E-state index contributed by atoms with van der Waals surface area (Å²) >= 11 is 1.27. The number of para-hydroxylation sites is 1. The first-order valence-electron chi connectivity index (χ1n) is 8.46. The maximum atomic E-state index is 13.2. The van der Waals surface area contributed by atoms with Gasteiger partial charge in [-0.3, -0.25) is 14.2 Å². The number of hydrogen-bond donors (Lipinski definition) is 0. The van der Waals surface area contributed by atoms with Crippen molar-refractivity contribution in [3.05, 3.63) is 58.9 Å². The van der Waals surface area contributed by atoms with E-state index in [-0.39, 0.29) is 16.7 Å². The summed E-state index contributed by atoms with van der Waals surface area (Å²) in [4.78, 5) is 31.7. The molecule has 1 amide bonds. The lowest BCUT2D eigenvalue weighted by atomic mass is 10.2. The molecule has 6 nitrogen and oxygen atoms in total. The maximum absolute atomic E-state index is 13.2. The maximum Gasteiger partial charge on any atom is 0.266 e. The second kappa shape index (κ2) is 7.84. The van der Waals surface area contributed by atoms with E-state index in [1.165, 1.54) is 16.7 Å². The van der Waals surface area contributed by atoms with Gasteiger partial charge in [0.1, 0.15) is 5.75 Å². The van der Waals surface area contributed by atoms with Gasteiger partial charge in [0.05, 0.1) is 29.0 Å². The third-order valence-electron chi connectivity index (χ3n) is 4.15. The van der Waals surface area contributed by atoms with Gasteiger partial charge in [-0.25, -0.2) is 4.98 Å². The monoisotopic (exact) mass is 383 g/mol. The second-order valence-electron chi connectivity index (χ2n) is 6.24. The molecule has 0 N–H and O–H groups in total. The first-order chi connectivity index (χ1) is 12.9. The van der Waals surface area contributed by atoms with Crippen LogP contribution in [0.5, 0.6) is 5.75 Å². The standard InChI is InChI=1S/C20H21N3O3S/c1-13(18(24)22(2)3)27-20-21-17-8-6-5-7-16(17)19(25)23(20)14-9-11-15(26-4)12-10-14/h5-13H,1-4H3. The number of thioether (sulfide) groups is 1. The minimum Gasteiger partial charge on any atom is -0.497 e. The molecule has 1 heterocycles. The van der Waals surface area contributed by atoms with E-state index in [1.54, 1.807) is 62.2 Å². The first kappa shape index (κ1) is 19.0. The molecule has 0 aliphatic heterocycles. The Morgan fingerprint density at radius 1 is 1.15 bits per heavy atom. The third-order valence-corrected chi connectivity index (χ3v) is 5.19. The molecule has 0 aliphatic carbocycles. The van der Waals surface area contributed by atoms with Gasteiger partial charge >= 0.3 is 0 Å². The molecule has 3 rings (SSSR count). The summed E-state index contributed by atoms with van der Waals surface area (Å²) in [5, 5.41) is 0.633. The van der Waals surface area contributed by atoms with Gasteiger partial charge in [0.15, 0.2) is 5.16 Å². The average Bonchev–Trinajstić information content (AvgIpc) is 2.67. The van der Waals surface area contributed by atoms with Crippen molar-refractivity contribution in [3.63, 3.8) is 0 Å². The highest BCUT2D eigenvalue weighted by atomic mass is 32.2. The molecule has 0 saturated carbocycles. The molecular weight excluding hydrogens is 362 g/mol. The molecule has 1 atom stereocenters. The van der Waals surface area contributed by atoms with Crippen LogP contribution in [0.2, 0.25) is 0 Å². The quantitative estimate of drug-likeness (QED) is 0.501. The number of methoxy groups -OCH3 is 1. The van der Waals surface area contributed by atoms with Crippen LogP contribution in [0.25, 0.3) is 16.6 Å². The summed E-state index contributed by atoms with van der Waals surface area (Å²) in [6.45, 7) is 1.81. The molecule has 0 aliphatic rings. The Labute approximate surface area is 161 Å². The first-order valence-corrected chi connectivity index (χ1v) is 9.34. The zero-order valence-electron chi connectivity index (χ0n) is 15.7. The van der Waals surface area contributed by atoms with E-state index in [1.807, 2.05) is 19.1 Å². The van der Waals surface area contributed by atoms with E-state index in [4.69, 9.17) is 4.74 Å². The zero-order valence-corrected chi connectivity index (χ0v) is 16.5. The van der Waals surface area contributed by atoms with Gasteiger partial charge in [-0.15, -0.1) is 0 Å². The minimum atomic E-state index is -0.377. The van der Waals surface area contributed by atoms with Gasteiger partial charge in [0.2, 0.25) is 5.91 Å². The number of ether oxygens (including phenoxy) is 1. The predicted octanol–water partition coefficient (Wildman–Crippen LogP) is 2.96. The van der Waals surface area contributed by atoms with Gasteiger partial charge in [-0.1, -0.05) is 23.9 Å². The van der Waals surface area contributed by atoms with Crippen molar-refractivity contribution in [2.75, 3.05) is 21.2 Å². The van der Waals surface area contributed by atoms with Crippen molar-refractivity contribution in [2.24, 2.45) is 0 Å². The molecule has 140 valence electrons. The van der Waals surface area contributed by atoms with E-state index in [9.17, 15) is 9.59 Å². The van der Waals surface area contributed by atoms with Crippen LogP contribution < -0.4 is 10.3 Å². The van der Waals surface area contributed by atoms with Gasteiger partial charge in [0.25, 0.3) is 5.56 Å². The molecule has 0 fully saturated rings. The summed E-state index contributed by atoms with van der Waals surface area (Å²) < 4.78 is 6.75. The van der Waals surface area contributed by atoms with E-state index >= 15 is 0 Å². The van der Waals surface area contributed by atoms with Crippen LogP contribution in [0.3, 0.4) is 0 Å². The Morgan fingerprint density at radius 2 is 1.81 bits per heavy atom. The highest BCUT2D eigenvalue weighted by molar-refractivity contribution is 8.00. The number of nitrogens with zero attached hydrogens (tertiary/aromatic N) is 3. The highest BCUT2D eigenvalue weighted by Gasteiger charge is 2.21. The van der Waals surface area contributed by atoms with Crippen molar-refractivity contribution < 1.29 is 9.53 Å². The normalized spacial score (nSPS) is 12.0. The predicted molar refractivity (Wildman–Crippen MR) is 108 cm³/mol. The van der Waals surface area contributed by atoms with Gasteiger partial charge in [-0.2, -0.15) is 0 Å². The molecule has 0 radical (unpaired) electrons. The van der Waals surface area contributed by atoms with Crippen molar-refractivity contribution in [3.8, 4) is 11.4 Å². The molecule has 0 spiro atoms. The number of benzene rings is 2. The van der Waals surface area contributed by atoms with Crippen molar-refractivity contribution >= 4 is 28.6 Å². The Balaban J connectivity index is 2.17. The van der Waals surface area contributed by atoms with E-state index < -0.39 is 0 Å². The molecule has 7 heteroatoms. The zero-order chi connectivity index (χ0) is 19.6. The van der Waals surface area contributed by atoms with Crippen LogP contribution in [0, 0.1) is 0 Å². The fourth-order valence-corrected chi connectivity index (χ4v) is 3.80. The lowest BCUT2D eigenvalue weighted by molar-refractivity contribution is -0.127. The lowest BCUT2D eigenvalue weighted by Gasteiger charge is -2.18. The van der Waals surface area contributed by atoms with Crippen LogP contribution in [-0.2, 0) is 4.79 Å². The van der Waals surface area contributed by atoms with Crippen LogP contribution in [0.4, 0.5) is 0 Å². The SMILES string of the molecule is COc1ccc(-n2c(SC(C)C(=O)N(C)C)nc3ccccc3c2=O)cc1. The van der Waals surface area contributed by atoms with Crippen LogP contribution >= 0.6 is 11.8 Å². The molecule has 27 heavy (non-hydrogen) atoms. The minimum absolute atomic E-state index is 0.0383. The summed E-state index contributed by atoms with van der Waals surface area (Å²) in [5.41, 5.74) is 1.11. The smallest absolute Gasteiger partial charge is 0.266 e. The lowest BCUT2D eigenvalue weighted by Crippen LogP contribution is -2.31. The number of amides is 1. The van der Waals surface area contributed by atoms with Crippen molar-refractivity contribution in [2.45, 2.75) is 17.3 Å². The number of carbonyl (C=O) groups excluding carboxylic acids is 1. The summed E-state index contributed by atoms with van der Waals surface area (Å²) in [7, 11) is 5.02. The molecular formula is C20H21N3O3S. The van der Waals surface area contributed by atoms with Crippen LogP contribution in [0.15, 0.2) is 58.5 Å². The average molecular weight is 383 g/mol. The molecule has 3 aromatic rings. The van der Waals surface area contributed by atoms with Gasteiger partial charge in [-0.05, 0) is 43.3 Å². The topological polar surface area (TPSA) is 64.4 Å². The number of rotatable bonds is 5. The van der Waals surface area contributed by atoms with Gasteiger partial charge < -0.3 is 9.64 Å². The van der Waals surface area contributed by atoms with Gasteiger partial charge in [0, 0.05) is 14.1 Å². The number of aromatic nitrogens is 2.